The molecule has 0 amide bonds. The van der Waals surface area contributed by atoms with Crippen LogP contribution in [0.3, 0.4) is 0 Å². The van der Waals surface area contributed by atoms with Gasteiger partial charge in [0.2, 0.25) is 0 Å². The van der Waals surface area contributed by atoms with Gasteiger partial charge in [-0.15, -0.1) is 0 Å². The summed E-state index contributed by atoms with van der Waals surface area (Å²) in [6, 6.07) is 10.8. The number of rotatable bonds is 3. The lowest BCUT2D eigenvalue weighted by Gasteiger charge is -2.19. The number of carboxylic acids is 1. The Balaban J connectivity index is 2.41. The molecule has 3 heteroatoms. The van der Waals surface area contributed by atoms with Gasteiger partial charge >= 0.3 is 5.97 Å². The molecular formula is C17H19NO2. The summed E-state index contributed by atoms with van der Waals surface area (Å²) in [6.07, 6.45) is 0. The van der Waals surface area contributed by atoms with Crippen molar-refractivity contribution in [2.45, 2.75) is 26.8 Å². The first-order valence-electron chi connectivity index (χ1n) is 6.56. The van der Waals surface area contributed by atoms with Gasteiger partial charge in [0.1, 0.15) is 0 Å². The highest BCUT2D eigenvalue weighted by Crippen LogP contribution is 2.27. The molecule has 1 unspecified atom stereocenters. The van der Waals surface area contributed by atoms with Crippen LogP contribution in [0.5, 0.6) is 0 Å². The summed E-state index contributed by atoms with van der Waals surface area (Å²) in [5.74, 6) is -0.923. The SMILES string of the molecule is Cc1cc(C)c(C(N)c2ccc(C(=O)O)cc2)c(C)c1. The van der Waals surface area contributed by atoms with Crippen molar-refractivity contribution in [3.8, 4) is 0 Å². The summed E-state index contributed by atoms with van der Waals surface area (Å²) in [4.78, 5) is 10.9. The molecule has 0 radical (unpaired) electrons. The van der Waals surface area contributed by atoms with Crippen molar-refractivity contribution in [3.05, 3.63) is 69.8 Å². The second-order valence-electron chi connectivity index (χ2n) is 5.22. The zero-order valence-corrected chi connectivity index (χ0v) is 12.0. The van der Waals surface area contributed by atoms with Crippen LogP contribution in [0.25, 0.3) is 0 Å². The first-order chi connectivity index (χ1) is 9.40. The van der Waals surface area contributed by atoms with Crippen molar-refractivity contribution in [1.29, 1.82) is 0 Å². The standard InChI is InChI=1S/C17H19NO2/c1-10-8-11(2)15(12(3)9-10)16(18)13-4-6-14(7-5-13)17(19)20/h4-9,16H,18H2,1-3H3,(H,19,20). The van der Waals surface area contributed by atoms with Gasteiger partial charge in [-0.2, -0.15) is 0 Å². The van der Waals surface area contributed by atoms with Gasteiger partial charge in [-0.25, -0.2) is 4.79 Å². The van der Waals surface area contributed by atoms with Crippen LogP contribution in [0, 0.1) is 20.8 Å². The van der Waals surface area contributed by atoms with Crippen molar-refractivity contribution < 1.29 is 9.90 Å². The largest absolute Gasteiger partial charge is 0.478 e. The van der Waals surface area contributed by atoms with Crippen molar-refractivity contribution in [1.82, 2.24) is 0 Å². The Bertz CT molecular complexity index is 622. The van der Waals surface area contributed by atoms with E-state index >= 15 is 0 Å². The van der Waals surface area contributed by atoms with E-state index < -0.39 is 5.97 Å². The topological polar surface area (TPSA) is 63.3 Å². The Kier molecular flexibility index (Phi) is 3.91. The Morgan fingerprint density at radius 3 is 2.00 bits per heavy atom. The molecule has 20 heavy (non-hydrogen) atoms. The minimum absolute atomic E-state index is 0.238. The molecule has 104 valence electrons. The number of carboxylic acid groups (broad SMARTS) is 1. The average Bonchev–Trinajstić information content (AvgIpc) is 2.37. The van der Waals surface area contributed by atoms with Crippen LogP contribution in [0.15, 0.2) is 36.4 Å². The summed E-state index contributed by atoms with van der Waals surface area (Å²) in [7, 11) is 0. The fourth-order valence-electron chi connectivity index (χ4n) is 2.68. The van der Waals surface area contributed by atoms with Crippen LogP contribution >= 0.6 is 0 Å². The van der Waals surface area contributed by atoms with E-state index in [9.17, 15) is 4.79 Å². The highest BCUT2D eigenvalue weighted by Gasteiger charge is 2.15. The number of nitrogens with two attached hydrogens (primary N) is 1. The summed E-state index contributed by atoms with van der Waals surface area (Å²) < 4.78 is 0. The zero-order chi connectivity index (χ0) is 14.9. The molecule has 2 aromatic carbocycles. The van der Waals surface area contributed by atoms with E-state index in [1.807, 2.05) is 0 Å². The first kappa shape index (κ1) is 14.3. The maximum atomic E-state index is 10.9. The highest BCUT2D eigenvalue weighted by atomic mass is 16.4. The molecule has 1 atom stereocenters. The Hall–Kier alpha value is -2.13. The van der Waals surface area contributed by atoms with E-state index in [0.29, 0.717) is 0 Å². The average molecular weight is 269 g/mol. The van der Waals surface area contributed by atoms with E-state index in [4.69, 9.17) is 10.8 Å². The maximum Gasteiger partial charge on any atom is 0.335 e. The molecule has 2 rings (SSSR count). The maximum absolute atomic E-state index is 10.9. The predicted octanol–water partition coefficient (Wildman–Crippen LogP) is 3.36. The Morgan fingerprint density at radius 1 is 1.05 bits per heavy atom. The summed E-state index contributed by atoms with van der Waals surface area (Å²) in [6.45, 7) is 6.18. The van der Waals surface area contributed by atoms with Gasteiger partial charge in [-0.05, 0) is 55.2 Å². The summed E-state index contributed by atoms with van der Waals surface area (Å²) in [5.41, 5.74) is 12.2. The van der Waals surface area contributed by atoms with Crippen molar-refractivity contribution in [2.75, 3.05) is 0 Å². The molecule has 3 nitrogen and oxygen atoms in total. The molecule has 0 aromatic heterocycles. The van der Waals surface area contributed by atoms with Crippen LogP contribution in [0.1, 0.15) is 44.2 Å². The minimum atomic E-state index is -0.923. The fraction of sp³-hybridized carbons (Fsp3) is 0.235. The van der Waals surface area contributed by atoms with Crippen LogP contribution in [0.2, 0.25) is 0 Å². The molecule has 0 bridgehead atoms. The Morgan fingerprint density at radius 2 is 1.55 bits per heavy atom. The molecular weight excluding hydrogens is 250 g/mol. The molecule has 0 aliphatic rings. The molecule has 0 aliphatic heterocycles. The third-order valence-electron chi connectivity index (χ3n) is 3.57. The second kappa shape index (κ2) is 5.47. The number of carbonyl (C=O) groups is 1. The van der Waals surface area contributed by atoms with E-state index in [1.165, 1.54) is 5.56 Å². The van der Waals surface area contributed by atoms with Crippen LogP contribution in [-0.2, 0) is 0 Å². The highest BCUT2D eigenvalue weighted by molar-refractivity contribution is 5.87. The number of benzene rings is 2. The monoisotopic (exact) mass is 269 g/mol. The van der Waals surface area contributed by atoms with E-state index in [2.05, 4.69) is 32.9 Å². The lowest BCUT2D eigenvalue weighted by Crippen LogP contribution is -2.15. The number of hydrogen-bond donors (Lipinski definition) is 2. The van der Waals surface area contributed by atoms with Gasteiger partial charge < -0.3 is 10.8 Å². The number of aromatic carboxylic acids is 1. The second-order valence-corrected chi connectivity index (χ2v) is 5.22. The van der Waals surface area contributed by atoms with Gasteiger partial charge in [0, 0.05) is 0 Å². The summed E-state index contributed by atoms with van der Waals surface area (Å²) in [5, 5.41) is 8.92. The molecule has 0 spiro atoms. The van der Waals surface area contributed by atoms with Crippen LogP contribution < -0.4 is 5.73 Å². The molecule has 0 saturated heterocycles. The lowest BCUT2D eigenvalue weighted by molar-refractivity contribution is 0.0697. The molecule has 0 heterocycles. The normalized spacial score (nSPS) is 12.2. The third-order valence-corrected chi connectivity index (χ3v) is 3.57. The van der Waals surface area contributed by atoms with Crippen molar-refractivity contribution >= 4 is 5.97 Å². The Labute approximate surface area is 119 Å². The fourth-order valence-corrected chi connectivity index (χ4v) is 2.68. The van der Waals surface area contributed by atoms with Crippen molar-refractivity contribution in [3.63, 3.8) is 0 Å². The third kappa shape index (κ3) is 2.73. The summed E-state index contributed by atoms with van der Waals surface area (Å²) >= 11 is 0. The molecule has 0 aliphatic carbocycles. The molecule has 0 fully saturated rings. The molecule has 2 aromatic rings. The van der Waals surface area contributed by atoms with Gasteiger partial charge in [-0.1, -0.05) is 29.8 Å². The van der Waals surface area contributed by atoms with Crippen LogP contribution in [-0.4, -0.2) is 11.1 Å². The van der Waals surface area contributed by atoms with Gasteiger partial charge in [0.05, 0.1) is 11.6 Å². The van der Waals surface area contributed by atoms with Gasteiger partial charge in [0.25, 0.3) is 0 Å². The van der Waals surface area contributed by atoms with E-state index in [0.717, 1.165) is 22.3 Å². The van der Waals surface area contributed by atoms with E-state index in [1.54, 1.807) is 24.3 Å². The first-order valence-corrected chi connectivity index (χ1v) is 6.56. The van der Waals surface area contributed by atoms with Gasteiger partial charge in [-0.3, -0.25) is 0 Å². The van der Waals surface area contributed by atoms with Crippen molar-refractivity contribution in [2.24, 2.45) is 5.73 Å². The smallest absolute Gasteiger partial charge is 0.335 e. The van der Waals surface area contributed by atoms with Crippen LogP contribution in [0.4, 0.5) is 0 Å². The predicted molar refractivity (Wildman–Crippen MR) is 80.1 cm³/mol. The molecule has 0 saturated carbocycles. The number of aryl methyl sites for hydroxylation is 3. The number of hydrogen-bond acceptors (Lipinski definition) is 2. The zero-order valence-electron chi connectivity index (χ0n) is 12.0. The molecule has 3 N–H and O–H groups in total. The van der Waals surface area contributed by atoms with Gasteiger partial charge in [0.15, 0.2) is 0 Å². The van der Waals surface area contributed by atoms with E-state index in [-0.39, 0.29) is 11.6 Å². The quantitative estimate of drug-likeness (QED) is 0.898. The minimum Gasteiger partial charge on any atom is -0.478 e. The lowest BCUT2D eigenvalue weighted by atomic mass is 9.90.